The molecule has 5 heterocycles. The first kappa shape index (κ1) is 22.1. The van der Waals surface area contributed by atoms with E-state index in [1.165, 1.54) is 31.4 Å². The SMILES string of the molecule is CC.O=CNC1CNC1.c1cc2c(Nc3cc(C4CC4)[nH]n3)nc(N3CCCC3)nn2c1. The topological polar surface area (TPSA) is 115 Å². The summed E-state index contributed by atoms with van der Waals surface area (Å²) in [6.07, 6.45) is 7.64. The smallest absolute Gasteiger partial charge is 0.245 e. The van der Waals surface area contributed by atoms with E-state index in [0.717, 1.165) is 55.7 Å². The van der Waals surface area contributed by atoms with Crippen molar-refractivity contribution in [2.45, 2.75) is 51.5 Å². The predicted octanol–water partition coefficient (Wildman–Crippen LogP) is 2.40. The first-order chi connectivity index (χ1) is 15.8. The van der Waals surface area contributed by atoms with Crippen LogP contribution in [0, 0.1) is 0 Å². The summed E-state index contributed by atoms with van der Waals surface area (Å²) in [6, 6.07) is 6.50. The maximum Gasteiger partial charge on any atom is 0.245 e. The fourth-order valence-electron chi connectivity index (χ4n) is 3.69. The Bertz CT molecular complexity index is 1000. The monoisotopic (exact) mass is 439 g/mol. The number of anilines is 3. The van der Waals surface area contributed by atoms with E-state index in [9.17, 15) is 4.79 Å². The van der Waals surface area contributed by atoms with Gasteiger partial charge in [-0.25, -0.2) is 4.52 Å². The fraction of sp³-hybridized carbons (Fsp3) is 0.545. The van der Waals surface area contributed by atoms with E-state index in [1.54, 1.807) is 0 Å². The first-order valence-corrected chi connectivity index (χ1v) is 11.6. The predicted molar refractivity (Wildman–Crippen MR) is 125 cm³/mol. The largest absolute Gasteiger partial charge is 0.353 e. The van der Waals surface area contributed by atoms with E-state index in [2.05, 4.69) is 42.2 Å². The molecule has 3 aromatic rings. The van der Waals surface area contributed by atoms with Gasteiger partial charge in [0, 0.05) is 50.1 Å². The first-order valence-electron chi connectivity index (χ1n) is 11.6. The third-order valence-electron chi connectivity index (χ3n) is 5.72. The molecule has 1 amide bonds. The average molecular weight is 440 g/mol. The molecule has 1 saturated carbocycles. The second-order valence-corrected chi connectivity index (χ2v) is 8.04. The zero-order valence-electron chi connectivity index (χ0n) is 18.8. The molecular formula is C22H33N9O. The van der Waals surface area contributed by atoms with Crippen LogP contribution in [-0.2, 0) is 4.79 Å². The van der Waals surface area contributed by atoms with Crippen LogP contribution in [-0.4, -0.2) is 63.4 Å². The third kappa shape index (κ3) is 5.18. The lowest BCUT2D eigenvalue weighted by Crippen LogP contribution is -2.54. The molecule has 0 unspecified atom stereocenters. The van der Waals surface area contributed by atoms with Gasteiger partial charge in [-0.3, -0.25) is 9.89 Å². The molecule has 0 aromatic carbocycles. The maximum atomic E-state index is 9.67. The lowest BCUT2D eigenvalue weighted by atomic mass is 10.2. The third-order valence-corrected chi connectivity index (χ3v) is 5.72. The van der Waals surface area contributed by atoms with Gasteiger partial charge in [-0.15, -0.1) is 5.10 Å². The Kier molecular flexibility index (Phi) is 7.21. The quantitative estimate of drug-likeness (QED) is 0.436. The summed E-state index contributed by atoms with van der Waals surface area (Å²) < 4.78 is 1.89. The van der Waals surface area contributed by atoms with Gasteiger partial charge in [0.2, 0.25) is 12.4 Å². The number of nitrogens with one attached hydrogen (secondary N) is 4. The van der Waals surface area contributed by atoms with Crippen molar-refractivity contribution in [1.82, 2.24) is 35.4 Å². The van der Waals surface area contributed by atoms with E-state index < -0.39 is 0 Å². The molecule has 0 spiro atoms. The Balaban J connectivity index is 0.000000232. The van der Waals surface area contributed by atoms with Crippen LogP contribution in [0.15, 0.2) is 24.4 Å². The minimum atomic E-state index is 0.400. The highest BCUT2D eigenvalue weighted by Crippen LogP contribution is 2.39. The summed E-state index contributed by atoms with van der Waals surface area (Å²) in [7, 11) is 0. The highest BCUT2D eigenvalue weighted by atomic mass is 16.1. The number of rotatable bonds is 6. The minimum absolute atomic E-state index is 0.400. The van der Waals surface area contributed by atoms with Crippen LogP contribution in [0.4, 0.5) is 17.6 Å². The van der Waals surface area contributed by atoms with Crippen LogP contribution in [0.5, 0.6) is 0 Å². The second kappa shape index (κ2) is 10.4. The highest BCUT2D eigenvalue weighted by Gasteiger charge is 2.26. The maximum absolute atomic E-state index is 9.67. The van der Waals surface area contributed by atoms with Crippen LogP contribution >= 0.6 is 0 Å². The Labute approximate surface area is 188 Å². The Morgan fingerprint density at radius 1 is 1.19 bits per heavy atom. The van der Waals surface area contributed by atoms with Crippen molar-refractivity contribution < 1.29 is 4.79 Å². The lowest BCUT2D eigenvalue weighted by molar-refractivity contribution is -0.110. The molecule has 2 saturated heterocycles. The molecule has 3 aromatic heterocycles. The molecule has 0 radical (unpaired) electrons. The van der Waals surface area contributed by atoms with Gasteiger partial charge >= 0.3 is 0 Å². The summed E-state index contributed by atoms with van der Waals surface area (Å²) in [6.45, 7) is 7.92. The van der Waals surface area contributed by atoms with Gasteiger partial charge in [0.05, 0.1) is 6.04 Å². The molecular weight excluding hydrogens is 406 g/mol. The summed E-state index contributed by atoms with van der Waals surface area (Å²) in [4.78, 5) is 16.7. The van der Waals surface area contributed by atoms with Gasteiger partial charge in [0.1, 0.15) is 5.52 Å². The lowest BCUT2D eigenvalue weighted by Gasteiger charge is -2.25. The molecule has 4 N–H and O–H groups in total. The van der Waals surface area contributed by atoms with Crippen molar-refractivity contribution in [3.63, 3.8) is 0 Å². The number of aromatic amines is 1. The van der Waals surface area contributed by atoms with E-state index in [0.29, 0.717) is 12.0 Å². The molecule has 1 aliphatic carbocycles. The molecule has 32 heavy (non-hydrogen) atoms. The number of carbonyl (C=O) groups excluding carboxylic acids is 1. The van der Waals surface area contributed by atoms with E-state index >= 15 is 0 Å². The molecule has 3 aliphatic rings. The number of carbonyl (C=O) groups is 1. The van der Waals surface area contributed by atoms with Crippen LogP contribution in [0.3, 0.4) is 0 Å². The Morgan fingerprint density at radius 3 is 2.59 bits per heavy atom. The molecule has 0 bridgehead atoms. The molecule has 2 aliphatic heterocycles. The molecule has 6 rings (SSSR count). The molecule has 10 nitrogen and oxygen atoms in total. The minimum Gasteiger partial charge on any atom is -0.353 e. The molecule has 0 atom stereocenters. The van der Waals surface area contributed by atoms with Crippen molar-refractivity contribution in [1.29, 1.82) is 0 Å². The summed E-state index contributed by atoms with van der Waals surface area (Å²) in [5.41, 5.74) is 2.18. The number of hydrogen-bond donors (Lipinski definition) is 4. The Morgan fingerprint density at radius 2 is 1.97 bits per heavy atom. The summed E-state index contributed by atoms with van der Waals surface area (Å²) in [5.74, 6) is 3.07. The molecule has 10 heteroatoms. The van der Waals surface area contributed by atoms with Crippen molar-refractivity contribution in [2.24, 2.45) is 0 Å². The van der Waals surface area contributed by atoms with Crippen molar-refractivity contribution >= 4 is 29.5 Å². The number of amides is 1. The molecule has 3 fully saturated rings. The van der Waals surface area contributed by atoms with E-state index in [4.69, 9.17) is 4.98 Å². The van der Waals surface area contributed by atoms with Crippen LogP contribution in [0.1, 0.15) is 51.1 Å². The fourth-order valence-corrected chi connectivity index (χ4v) is 3.69. The van der Waals surface area contributed by atoms with Crippen molar-refractivity contribution in [2.75, 3.05) is 36.4 Å². The number of fused-ring (bicyclic) bond motifs is 1. The van der Waals surface area contributed by atoms with Gasteiger partial charge < -0.3 is 20.9 Å². The van der Waals surface area contributed by atoms with E-state index in [-0.39, 0.29) is 0 Å². The molecule has 172 valence electrons. The van der Waals surface area contributed by atoms with Crippen molar-refractivity contribution in [3.05, 3.63) is 30.1 Å². The number of H-pyrrole nitrogens is 1. The average Bonchev–Trinajstić information content (AvgIpc) is 3.19. The Hall–Kier alpha value is -3.14. The van der Waals surface area contributed by atoms with Gasteiger partial charge in [-0.05, 0) is 37.8 Å². The zero-order chi connectivity index (χ0) is 22.3. The van der Waals surface area contributed by atoms with Crippen LogP contribution in [0.25, 0.3) is 5.52 Å². The van der Waals surface area contributed by atoms with Crippen LogP contribution in [0.2, 0.25) is 0 Å². The van der Waals surface area contributed by atoms with E-state index in [1.807, 2.05) is 36.7 Å². The van der Waals surface area contributed by atoms with Gasteiger partial charge in [0.25, 0.3) is 0 Å². The number of nitrogens with zero attached hydrogens (tertiary/aromatic N) is 5. The van der Waals surface area contributed by atoms with Crippen molar-refractivity contribution in [3.8, 4) is 0 Å². The van der Waals surface area contributed by atoms with Gasteiger partial charge in [-0.1, -0.05) is 13.8 Å². The number of aromatic nitrogens is 5. The normalized spacial score (nSPS) is 17.6. The van der Waals surface area contributed by atoms with Gasteiger partial charge in [-0.2, -0.15) is 10.1 Å². The van der Waals surface area contributed by atoms with Gasteiger partial charge in [0.15, 0.2) is 11.6 Å². The second-order valence-electron chi connectivity index (χ2n) is 8.04. The standard InChI is InChI=1S/C16H19N7.C4H8N2O.C2H6/c1-2-8-22(7-1)16-18-15(13-4-3-9-23(13)21-16)17-14-10-12(19-20-14)11-5-6-11;7-3-6-4-1-5-2-4;1-2/h3-4,9-11H,1-2,5-8H2,(H2,17,18,19,20,21);3-5H,1-2H2,(H,6,7);1-2H3. The summed E-state index contributed by atoms with van der Waals surface area (Å²) >= 11 is 0. The number of hydrogen-bond acceptors (Lipinski definition) is 7. The zero-order valence-corrected chi connectivity index (χ0v) is 18.8. The summed E-state index contributed by atoms with van der Waals surface area (Å²) in [5, 5.41) is 21.1. The van der Waals surface area contributed by atoms with Crippen LogP contribution < -0.4 is 20.9 Å². The highest BCUT2D eigenvalue weighted by molar-refractivity contribution is 5.73.